The highest BCUT2D eigenvalue weighted by Crippen LogP contribution is 2.27. The number of amides is 1. The number of rotatable bonds is 4. The molecule has 1 N–H and O–H groups in total. The molecule has 2 atom stereocenters. The van der Waals surface area contributed by atoms with Gasteiger partial charge >= 0.3 is 0 Å². The highest BCUT2D eigenvalue weighted by molar-refractivity contribution is 7.91. The molecule has 1 aliphatic rings. The Morgan fingerprint density at radius 1 is 1.35 bits per heavy atom. The molecule has 0 bridgehead atoms. The van der Waals surface area contributed by atoms with Crippen molar-refractivity contribution in [2.75, 3.05) is 26.9 Å². The van der Waals surface area contributed by atoms with E-state index in [9.17, 15) is 13.2 Å². The van der Waals surface area contributed by atoms with Crippen molar-refractivity contribution in [2.45, 2.75) is 37.0 Å². The molecule has 1 amide bonds. The minimum absolute atomic E-state index is 0.0481. The van der Waals surface area contributed by atoms with Gasteiger partial charge in [-0.05, 0) is 19.9 Å². The summed E-state index contributed by atoms with van der Waals surface area (Å²) in [6.07, 6.45) is 4.65. The van der Waals surface area contributed by atoms with Crippen LogP contribution in [0.15, 0.2) is 0 Å². The van der Waals surface area contributed by atoms with Crippen LogP contribution in [0, 0.1) is 0 Å². The first-order valence-electron chi connectivity index (χ1n) is 5.97. The van der Waals surface area contributed by atoms with Crippen LogP contribution in [-0.4, -0.2) is 57.4 Å². The largest absolute Gasteiger partial charge is 0.340 e. The van der Waals surface area contributed by atoms with Crippen molar-refractivity contribution in [1.82, 2.24) is 10.2 Å². The maximum Gasteiger partial charge on any atom is 0.236 e. The predicted octanol–water partition coefficient (Wildman–Crippen LogP) is 0.0200. The summed E-state index contributed by atoms with van der Waals surface area (Å²) in [6, 6.07) is -0.167. The molecule has 1 saturated carbocycles. The van der Waals surface area contributed by atoms with Crippen LogP contribution in [0.1, 0.15) is 25.7 Å². The number of carbonyl (C=O) groups excluding carboxylic acids is 1. The van der Waals surface area contributed by atoms with Crippen molar-refractivity contribution in [2.24, 2.45) is 0 Å². The molecule has 6 heteroatoms. The lowest BCUT2D eigenvalue weighted by Crippen LogP contribution is -2.50. The van der Waals surface area contributed by atoms with E-state index in [1.165, 1.54) is 6.26 Å². The third-order valence-corrected chi connectivity index (χ3v) is 5.09. The Bertz CT molecular complexity index is 367. The lowest BCUT2D eigenvalue weighted by molar-refractivity contribution is -0.131. The van der Waals surface area contributed by atoms with E-state index in [4.69, 9.17) is 0 Å². The van der Waals surface area contributed by atoms with Crippen LogP contribution < -0.4 is 5.32 Å². The van der Waals surface area contributed by atoms with Crippen molar-refractivity contribution in [1.29, 1.82) is 0 Å². The van der Waals surface area contributed by atoms with E-state index in [0.717, 1.165) is 19.3 Å². The zero-order valence-electron chi connectivity index (χ0n) is 10.8. The summed E-state index contributed by atoms with van der Waals surface area (Å²) in [7, 11) is 0.328. The maximum atomic E-state index is 11.8. The van der Waals surface area contributed by atoms with Crippen molar-refractivity contribution in [3.63, 3.8) is 0 Å². The van der Waals surface area contributed by atoms with Gasteiger partial charge in [0.2, 0.25) is 5.91 Å². The second-order valence-corrected chi connectivity index (χ2v) is 7.02. The van der Waals surface area contributed by atoms with Gasteiger partial charge in [-0.2, -0.15) is 0 Å². The molecule has 2 unspecified atom stereocenters. The second kappa shape index (κ2) is 5.82. The first-order chi connectivity index (χ1) is 7.88. The van der Waals surface area contributed by atoms with Gasteiger partial charge in [0.05, 0.1) is 11.8 Å². The van der Waals surface area contributed by atoms with E-state index in [1.807, 2.05) is 0 Å². The number of nitrogens with one attached hydrogen (secondary N) is 1. The molecule has 1 fully saturated rings. The minimum Gasteiger partial charge on any atom is -0.340 e. The fourth-order valence-corrected chi connectivity index (χ4v) is 3.96. The van der Waals surface area contributed by atoms with Crippen LogP contribution >= 0.6 is 0 Å². The smallest absolute Gasteiger partial charge is 0.236 e. The number of nitrogens with zero attached hydrogens (tertiary/aromatic N) is 1. The molecule has 0 aromatic carbocycles. The van der Waals surface area contributed by atoms with Gasteiger partial charge in [-0.3, -0.25) is 4.79 Å². The summed E-state index contributed by atoms with van der Waals surface area (Å²) in [6.45, 7) is 0.253. The van der Waals surface area contributed by atoms with Gasteiger partial charge in [-0.15, -0.1) is 0 Å². The van der Waals surface area contributed by atoms with Crippen LogP contribution in [0.25, 0.3) is 0 Å². The normalized spacial score (nSPS) is 25.6. The Morgan fingerprint density at radius 3 is 2.47 bits per heavy atom. The van der Waals surface area contributed by atoms with E-state index < -0.39 is 15.1 Å². The first kappa shape index (κ1) is 14.4. The molecule has 0 aliphatic heterocycles. The van der Waals surface area contributed by atoms with Crippen LogP contribution in [-0.2, 0) is 14.6 Å². The highest BCUT2D eigenvalue weighted by atomic mass is 32.2. The van der Waals surface area contributed by atoms with Crippen LogP contribution in [0.3, 0.4) is 0 Å². The van der Waals surface area contributed by atoms with Crippen LogP contribution in [0.4, 0.5) is 0 Å². The Morgan fingerprint density at radius 2 is 1.94 bits per heavy atom. The molecule has 0 heterocycles. The fourth-order valence-electron chi connectivity index (χ4n) is 2.48. The summed E-state index contributed by atoms with van der Waals surface area (Å²) in [5.41, 5.74) is 0. The SMILES string of the molecule is CNCC(=O)N(C)C1CCCCC1S(C)(=O)=O. The Kier molecular flexibility index (Phi) is 4.94. The van der Waals surface area contributed by atoms with E-state index in [-0.39, 0.29) is 18.5 Å². The van der Waals surface area contributed by atoms with Crippen molar-refractivity contribution in [3.8, 4) is 0 Å². The minimum atomic E-state index is -3.08. The molecule has 0 aromatic rings. The lowest BCUT2D eigenvalue weighted by Gasteiger charge is -2.37. The molecule has 0 radical (unpaired) electrons. The van der Waals surface area contributed by atoms with Gasteiger partial charge < -0.3 is 10.2 Å². The molecule has 5 nitrogen and oxygen atoms in total. The summed E-state index contributed by atoms with van der Waals surface area (Å²) in [4.78, 5) is 13.4. The molecular weight excluding hydrogens is 240 g/mol. The summed E-state index contributed by atoms with van der Waals surface area (Å²) in [5, 5.41) is 2.40. The molecule has 0 saturated heterocycles. The third kappa shape index (κ3) is 3.67. The van der Waals surface area contributed by atoms with Crippen LogP contribution in [0.5, 0.6) is 0 Å². The average molecular weight is 262 g/mol. The fraction of sp³-hybridized carbons (Fsp3) is 0.909. The van der Waals surface area contributed by atoms with Gasteiger partial charge in [0.1, 0.15) is 0 Å². The summed E-state index contributed by atoms with van der Waals surface area (Å²) < 4.78 is 23.5. The van der Waals surface area contributed by atoms with Gasteiger partial charge in [0.15, 0.2) is 9.84 Å². The van der Waals surface area contributed by atoms with Crippen molar-refractivity contribution < 1.29 is 13.2 Å². The zero-order chi connectivity index (χ0) is 13.1. The van der Waals surface area contributed by atoms with Crippen molar-refractivity contribution >= 4 is 15.7 Å². The molecular formula is C11H22N2O3S. The molecule has 1 rings (SSSR count). The zero-order valence-corrected chi connectivity index (χ0v) is 11.6. The van der Waals surface area contributed by atoms with Gasteiger partial charge in [-0.25, -0.2) is 8.42 Å². The predicted molar refractivity (Wildman–Crippen MR) is 67.6 cm³/mol. The van der Waals surface area contributed by atoms with Gasteiger partial charge in [0.25, 0.3) is 0 Å². The van der Waals surface area contributed by atoms with Gasteiger partial charge in [-0.1, -0.05) is 12.8 Å². The number of hydrogen-bond acceptors (Lipinski definition) is 4. The number of hydrogen-bond donors (Lipinski definition) is 1. The lowest BCUT2D eigenvalue weighted by atomic mass is 9.94. The van der Waals surface area contributed by atoms with Crippen molar-refractivity contribution in [3.05, 3.63) is 0 Å². The monoisotopic (exact) mass is 262 g/mol. The molecule has 1 aliphatic carbocycles. The van der Waals surface area contributed by atoms with Crippen LogP contribution in [0.2, 0.25) is 0 Å². The molecule has 17 heavy (non-hydrogen) atoms. The number of carbonyl (C=O) groups is 1. The highest BCUT2D eigenvalue weighted by Gasteiger charge is 2.36. The number of likely N-dealkylation sites (N-methyl/N-ethyl adjacent to an activating group) is 2. The Hall–Kier alpha value is -0.620. The third-order valence-electron chi connectivity index (χ3n) is 3.44. The maximum absolute atomic E-state index is 11.8. The van der Waals surface area contributed by atoms with E-state index in [1.54, 1.807) is 19.0 Å². The second-order valence-electron chi connectivity index (χ2n) is 4.75. The number of sulfone groups is 1. The Labute approximate surface area is 103 Å². The topological polar surface area (TPSA) is 66.5 Å². The van der Waals surface area contributed by atoms with Gasteiger partial charge in [0, 0.05) is 19.3 Å². The van der Waals surface area contributed by atoms with E-state index in [0.29, 0.717) is 6.42 Å². The van der Waals surface area contributed by atoms with E-state index in [2.05, 4.69) is 5.32 Å². The molecule has 0 spiro atoms. The van der Waals surface area contributed by atoms with E-state index >= 15 is 0 Å². The Balaban J connectivity index is 2.81. The summed E-state index contributed by atoms with van der Waals surface area (Å²) in [5.74, 6) is -0.0481. The average Bonchev–Trinajstić information content (AvgIpc) is 2.27. The quantitative estimate of drug-likeness (QED) is 0.775. The molecule has 100 valence electrons. The first-order valence-corrected chi connectivity index (χ1v) is 7.92. The summed E-state index contributed by atoms with van der Waals surface area (Å²) >= 11 is 0. The molecule has 0 aromatic heterocycles. The standard InChI is InChI=1S/C11H22N2O3S/c1-12-8-11(14)13(2)9-6-4-5-7-10(9)17(3,15)16/h9-10,12H,4-8H2,1-3H3.